The minimum Gasteiger partial charge on any atom is -0.489 e. The first-order chi connectivity index (χ1) is 23.7. The van der Waals surface area contributed by atoms with E-state index in [0.29, 0.717) is 18.2 Å². The number of halogens is 18. The number of hydrogen-bond acceptors (Lipinski definition) is 3. The Kier molecular flexibility index (Phi) is 8.21. The molecule has 0 N–H and O–H groups in total. The van der Waals surface area contributed by atoms with E-state index in [4.69, 9.17) is 4.65 Å². The van der Waals surface area contributed by atoms with E-state index in [-0.39, 0.29) is 0 Å². The summed E-state index contributed by atoms with van der Waals surface area (Å²) in [5, 5.41) is -2.75. The molecule has 266 valence electrons. The summed E-state index contributed by atoms with van der Waals surface area (Å²) in [6.07, 6.45) is 0. The minimum atomic E-state index is -5.49. The summed E-state index contributed by atoms with van der Waals surface area (Å²) in [7, 11) is -3.69. The van der Waals surface area contributed by atoms with Crippen molar-refractivity contribution in [3.8, 4) is 28.4 Å². The first-order valence-corrected chi connectivity index (χ1v) is 13.0. The van der Waals surface area contributed by atoms with Crippen molar-refractivity contribution in [2.24, 2.45) is 0 Å². The van der Waals surface area contributed by atoms with E-state index in [1.165, 1.54) is 0 Å². The van der Waals surface area contributed by atoms with Gasteiger partial charge in [0.2, 0.25) is 34.9 Å². The largest absolute Gasteiger partial charge is 0.864 e. The third kappa shape index (κ3) is 4.88. The fourth-order valence-electron chi connectivity index (χ4n) is 5.09. The fraction of sp³-hybridized carbons (Fsp3) is 0.0345. The van der Waals surface area contributed by atoms with Crippen LogP contribution in [0.15, 0.2) is 18.2 Å². The van der Waals surface area contributed by atoms with E-state index in [1.54, 1.807) is 0 Å². The molecule has 0 saturated carbocycles. The van der Waals surface area contributed by atoms with E-state index in [2.05, 4.69) is 9.31 Å². The Balaban J connectivity index is 1.62. The highest BCUT2D eigenvalue weighted by Crippen LogP contribution is 2.58. The van der Waals surface area contributed by atoms with Gasteiger partial charge in [0.05, 0.1) is 16.5 Å². The highest BCUT2D eigenvalue weighted by Gasteiger charge is 2.56. The smallest absolute Gasteiger partial charge is 0.489 e. The molecule has 0 bridgehead atoms. The maximum atomic E-state index is 15.7. The predicted molar refractivity (Wildman–Crippen MR) is 132 cm³/mol. The number of alkyl halides is 2. The molecule has 0 spiro atoms. The zero-order chi connectivity index (χ0) is 37.8. The first-order valence-electron chi connectivity index (χ1n) is 13.0. The van der Waals surface area contributed by atoms with Gasteiger partial charge in [0.15, 0.2) is 69.7 Å². The standard InChI is InChI=1S/C29H3BF18O3/c31-11-4-2-1-3-5(6(4)12(32)17(37)16(11)36)49-30(51-28-25(45)22(42)21(41)23(43)26(28)46)50-27-10-8(14(34)19(39)24(27)44)7-9(29(10,47)48)15(35)20(40)18(38)13(7)33/h1-3H. The van der Waals surface area contributed by atoms with Crippen molar-refractivity contribution in [3.63, 3.8) is 0 Å². The molecule has 3 nitrogen and oxygen atoms in total. The Morgan fingerprint density at radius 1 is 0.392 bits per heavy atom. The molecule has 0 radical (unpaired) electrons. The number of fused-ring (bicyclic) bond motifs is 4. The summed E-state index contributed by atoms with van der Waals surface area (Å²) in [4.78, 5) is 0. The molecule has 6 rings (SSSR count). The maximum Gasteiger partial charge on any atom is 0.864 e. The summed E-state index contributed by atoms with van der Waals surface area (Å²) < 4.78 is 275. The highest BCUT2D eigenvalue weighted by atomic mass is 19.3. The quantitative estimate of drug-likeness (QED) is 0.0749. The summed E-state index contributed by atoms with van der Waals surface area (Å²) in [6.45, 7) is 0. The lowest BCUT2D eigenvalue weighted by atomic mass is 10.0. The first kappa shape index (κ1) is 35.4. The van der Waals surface area contributed by atoms with E-state index >= 15 is 13.2 Å². The molecule has 1 aliphatic rings. The molecule has 0 amide bonds. The third-order valence-corrected chi connectivity index (χ3v) is 7.31. The maximum absolute atomic E-state index is 15.7. The molecule has 0 fully saturated rings. The number of rotatable bonds is 6. The SMILES string of the molecule is Fc1c(F)c(F)c(OB(Oc2c(F)c(F)c(F)c3c2C(F)(F)c2c(F)c(F)c(F)c(F)c2-3)Oc2cccc3c(F)c(F)c(F)c(F)c23)c(F)c1F. The monoisotopic (exact) mass is 752 g/mol. The third-order valence-electron chi connectivity index (χ3n) is 7.31. The van der Waals surface area contributed by atoms with Gasteiger partial charge in [-0.1, -0.05) is 12.1 Å². The molecular formula is C29H3BF18O3. The van der Waals surface area contributed by atoms with E-state index in [1.807, 2.05) is 0 Å². The predicted octanol–water partition coefficient (Wildman–Crippen LogP) is 9.71. The molecule has 0 saturated heterocycles. The van der Waals surface area contributed by atoms with Crippen LogP contribution in [0.1, 0.15) is 11.1 Å². The molecule has 51 heavy (non-hydrogen) atoms. The van der Waals surface area contributed by atoms with Crippen LogP contribution in [0.2, 0.25) is 0 Å². The highest BCUT2D eigenvalue weighted by molar-refractivity contribution is 6.40. The molecular weight excluding hydrogens is 749 g/mol. The average molecular weight is 752 g/mol. The van der Waals surface area contributed by atoms with Gasteiger partial charge in [0.1, 0.15) is 5.75 Å². The van der Waals surface area contributed by atoms with E-state index < -0.39 is 157 Å². The zero-order valence-electron chi connectivity index (χ0n) is 23.3. The second kappa shape index (κ2) is 11.8. The van der Waals surface area contributed by atoms with Gasteiger partial charge in [-0.2, -0.15) is 22.0 Å². The topological polar surface area (TPSA) is 27.7 Å². The van der Waals surface area contributed by atoms with E-state index in [0.717, 1.165) is 0 Å². The summed E-state index contributed by atoms with van der Waals surface area (Å²) >= 11 is 0. The Hall–Kier alpha value is -5.44. The van der Waals surface area contributed by atoms with Crippen LogP contribution in [0, 0.1) is 93.1 Å². The lowest BCUT2D eigenvalue weighted by Gasteiger charge is -2.22. The Morgan fingerprint density at radius 2 is 0.804 bits per heavy atom. The molecule has 5 aromatic carbocycles. The van der Waals surface area contributed by atoms with Gasteiger partial charge < -0.3 is 14.0 Å². The van der Waals surface area contributed by atoms with Gasteiger partial charge in [-0.15, -0.1) is 0 Å². The second-order valence-electron chi connectivity index (χ2n) is 10.1. The molecule has 22 heteroatoms. The van der Waals surface area contributed by atoms with Gasteiger partial charge in [-0.3, -0.25) is 0 Å². The van der Waals surface area contributed by atoms with Crippen LogP contribution in [0.25, 0.3) is 21.9 Å². The van der Waals surface area contributed by atoms with Crippen molar-refractivity contribution in [1.82, 2.24) is 0 Å². The molecule has 0 heterocycles. The molecule has 0 atom stereocenters. The summed E-state index contributed by atoms with van der Waals surface area (Å²) in [5.74, 6) is -56.1. The lowest BCUT2D eigenvalue weighted by Crippen LogP contribution is -2.39. The van der Waals surface area contributed by atoms with Crippen molar-refractivity contribution < 1.29 is 93.0 Å². The van der Waals surface area contributed by atoms with Gasteiger partial charge in [0.25, 0.3) is 0 Å². The summed E-state index contributed by atoms with van der Waals surface area (Å²) in [5.41, 5.74) is -9.68. The number of hydrogen-bond donors (Lipinski definition) is 0. The van der Waals surface area contributed by atoms with Crippen molar-refractivity contribution in [2.45, 2.75) is 5.92 Å². The van der Waals surface area contributed by atoms with Gasteiger partial charge in [0, 0.05) is 16.5 Å². The second-order valence-corrected chi connectivity index (χ2v) is 10.1. The van der Waals surface area contributed by atoms with Crippen molar-refractivity contribution in [1.29, 1.82) is 0 Å². The van der Waals surface area contributed by atoms with Crippen LogP contribution in [0.3, 0.4) is 0 Å². The lowest BCUT2D eigenvalue weighted by molar-refractivity contribution is 0.0401. The molecule has 5 aromatic rings. The number of benzene rings is 5. The molecule has 0 aliphatic heterocycles. The molecule has 1 aliphatic carbocycles. The van der Waals surface area contributed by atoms with Crippen LogP contribution in [0.4, 0.5) is 79.0 Å². The Morgan fingerprint density at radius 3 is 1.39 bits per heavy atom. The van der Waals surface area contributed by atoms with Crippen LogP contribution in [0.5, 0.6) is 17.2 Å². The van der Waals surface area contributed by atoms with Crippen molar-refractivity contribution >= 4 is 18.1 Å². The average Bonchev–Trinajstić information content (AvgIpc) is 3.35. The van der Waals surface area contributed by atoms with Crippen LogP contribution in [-0.4, -0.2) is 7.32 Å². The Bertz CT molecular complexity index is 2340. The molecule has 0 aromatic heterocycles. The minimum absolute atomic E-state index is 0.410. The van der Waals surface area contributed by atoms with Gasteiger partial charge in [-0.25, -0.2) is 57.1 Å². The van der Waals surface area contributed by atoms with Crippen molar-refractivity contribution in [3.05, 3.63) is 122 Å². The fourth-order valence-corrected chi connectivity index (χ4v) is 5.09. The van der Waals surface area contributed by atoms with Gasteiger partial charge in [-0.05, 0) is 6.07 Å². The summed E-state index contributed by atoms with van der Waals surface area (Å²) in [6, 6.07) is 1.56. The van der Waals surface area contributed by atoms with Crippen LogP contribution >= 0.6 is 0 Å². The molecule has 0 unspecified atom stereocenters. The Labute approximate surface area is 268 Å². The van der Waals surface area contributed by atoms with Crippen molar-refractivity contribution in [2.75, 3.05) is 0 Å². The van der Waals surface area contributed by atoms with Gasteiger partial charge >= 0.3 is 13.2 Å². The van der Waals surface area contributed by atoms with E-state index in [9.17, 15) is 65.9 Å². The normalized spacial score (nSPS) is 13.1. The van der Waals surface area contributed by atoms with Crippen LogP contribution < -0.4 is 14.0 Å². The zero-order valence-corrected chi connectivity index (χ0v) is 23.3. The van der Waals surface area contributed by atoms with Crippen LogP contribution in [-0.2, 0) is 5.92 Å².